The van der Waals surface area contributed by atoms with Crippen LogP contribution in [0.1, 0.15) is 29.3 Å². The Hall–Kier alpha value is -2.88. The number of carbonyl (C=O) groups is 1. The number of hydrogen-bond acceptors (Lipinski definition) is 5. The number of rotatable bonds is 3. The second kappa shape index (κ2) is 7.86. The molecule has 1 atom stereocenters. The molecule has 0 fully saturated rings. The van der Waals surface area contributed by atoms with Crippen LogP contribution in [0.5, 0.6) is 0 Å². The monoisotopic (exact) mass is 429 g/mol. The van der Waals surface area contributed by atoms with Crippen LogP contribution >= 0.6 is 11.6 Å². The fraction of sp³-hybridized carbons (Fsp3) is 0.278. The molecule has 3 rings (SSSR count). The lowest BCUT2D eigenvalue weighted by Crippen LogP contribution is -2.45. The first kappa shape index (κ1) is 20.8. The third-order valence-electron chi connectivity index (χ3n) is 4.44. The van der Waals surface area contributed by atoms with Crippen LogP contribution in [0.4, 0.5) is 23.5 Å². The van der Waals surface area contributed by atoms with E-state index < -0.39 is 34.5 Å². The van der Waals surface area contributed by atoms with E-state index in [1.54, 1.807) is 6.92 Å². The molecular weight excluding hydrogens is 414 g/mol. The van der Waals surface area contributed by atoms with Crippen molar-refractivity contribution in [1.29, 1.82) is 0 Å². The van der Waals surface area contributed by atoms with Crippen molar-refractivity contribution in [1.82, 2.24) is 14.9 Å². The summed E-state index contributed by atoms with van der Waals surface area (Å²) in [7, 11) is 0. The smallest absolute Gasteiger partial charge is 0.399 e. The van der Waals surface area contributed by atoms with Gasteiger partial charge in [0.1, 0.15) is 0 Å². The number of nitrogens with zero attached hydrogens (tertiary/aromatic N) is 3. The van der Waals surface area contributed by atoms with E-state index in [1.807, 2.05) is 0 Å². The van der Waals surface area contributed by atoms with Gasteiger partial charge in [-0.3, -0.25) is 4.79 Å². The van der Waals surface area contributed by atoms with Gasteiger partial charge in [0.2, 0.25) is 5.95 Å². The second-order valence-electron chi connectivity index (χ2n) is 6.50. The molecule has 0 saturated heterocycles. The van der Waals surface area contributed by atoms with Gasteiger partial charge in [0, 0.05) is 23.9 Å². The van der Waals surface area contributed by atoms with E-state index in [0.717, 1.165) is 24.5 Å². The van der Waals surface area contributed by atoms with Crippen LogP contribution in [0.3, 0.4) is 0 Å². The Labute approximate surface area is 168 Å². The SMILES string of the molecule is CC1CC(Nc2ncc(F)cn2)=C(N)CN1C(=O)c1cccc(C(F)(F)F)c1Cl. The summed E-state index contributed by atoms with van der Waals surface area (Å²) in [6.07, 6.45) is -2.42. The maximum Gasteiger partial charge on any atom is 0.417 e. The Morgan fingerprint density at radius 3 is 2.59 bits per heavy atom. The Balaban J connectivity index is 1.83. The van der Waals surface area contributed by atoms with Gasteiger partial charge in [-0.1, -0.05) is 17.7 Å². The van der Waals surface area contributed by atoms with Gasteiger partial charge in [0.15, 0.2) is 5.82 Å². The number of hydrogen-bond donors (Lipinski definition) is 2. The quantitative estimate of drug-likeness (QED) is 0.725. The minimum absolute atomic E-state index is 0.0316. The van der Waals surface area contributed by atoms with Gasteiger partial charge in [-0.25, -0.2) is 14.4 Å². The normalized spacial score (nSPS) is 17.4. The van der Waals surface area contributed by atoms with Crippen molar-refractivity contribution in [3.8, 4) is 0 Å². The minimum atomic E-state index is -4.67. The Morgan fingerprint density at radius 2 is 1.97 bits per heavy atom. The molecule has 1 amide bonds. The van der Waals surface area contributed by atoms with Crippen LogP contribution in [-0.2, 0) is 6.18 Å². The topological polar surface area (TPSA) is 84.1 Å². The molecule has 1 unspecified atom stereocenters. The van der Waals surface area contributed by atoms with E-state index in [2.05, 4.69) is 15.3 Å². The predicted octanol–water partition coefficient (Wildman–Crippen LogP) is 3.80. The zero-order valence-corrected chi connectivity index (χ0v) is 15.9. The molecule has 29 heavy (non-hydrogen) atoms. The van der Waals surface area contributed by atoms with Gasteiger partial charge in [-0.05, 0) is 19.1 Å². The molecule has 11 heteroatoms. The molecular formula is C18H16ClF4N5O. The van der Waals surface area contributed by atoms with E-state index in [1.165, 1.54) is 11.0 Å². The molecule has 1 aromatic heterocycles. The lowest BCUT2D eigenvalue weighted by molar-refractivity contribution is -0.137. The number of aromatic nitrogens is 2. The highest BCUT2D eigenvalue weighted by atomic mass is 35.5. The molecule has 2 heterocycles. The van der Waals surface area contributed by atoms with Crippen molar-refractivity contribution < 1.29 is 22.4 Å². The Bertz CT molecular complexity index is 962. The summed E-state index contributed by atoms with van der Waals surface area (Å²) in [5.41, 5.74) is 5.55. The molecule has 6 nitrogen and oxygen atoms in total. The number of amides is 1. The average Bonchev–Trinajstić information content (AvgIpc) is 2.65. The molecule has 1 aliphatic rings. The highest BCUT2D eigenvalue weighted by molar-refractivity contribution is 6.34. The lowest BCUT2D eigenvalue weighted by atomic mass is 10.0. The first-order valence-electron chi connectivity index (χ1n) is 8.46. The molecule has 0 saturated carbocycles. The number of alkyl halides is 3. The summed E-state index contributed by atoms with van der Waals surface area (Å²) in [5, 5.41) is 2.23. The third kappa shape index (κ3) is 4.42. The standard InChI is InChI=1S/C18H16ClF4N5O/c1-9-5-14(27-17-25-6-10(20)7-26-17)13(24)8-28(9)16(29)11-3-2-4-12(15(11)19)18(21,22)23/h2-4,6-7,9H,5,8,24H2,1H3,(H,25,26,27). The van der Waals surface area contributed by atoms with Gasteiger partial charge in [0.25, 0.3) is 5.91 Å². The van der Waals surface area contributed by atoms with E-state index in [9.17, 15) is 22.4 Å². The van der Waals surface area contributed by atoms with Gasteiger partial charge >= 0.3 is 6.18 Å². The summed E-state index contributed by atoms with van der Waals surface area (Å²) >= 11 is 5.87. The molecule has 0 bridgehead atoms. The zero-order valence-electron chi connectivity index (χ0n) is 15.1. The number of nitrogens with two attached hydrogens (primary N) is 1. The second-order valence-corrected chi connectivity index (χ2v) is 6.88. The van der Waals surface area contributed by atoms with Crippen molar-refractivity contribution in [3.05, 3.63) is 64.0 Å². The fourth-order valence-corrected chi connectivity index (χ4v) is 3.27. The van der Waals surface area contributed by atoms with E-state index in [0.29, 0.717) is 5.70 Å². The van der Waals surface area contributed by atoms with Crippen LogP contribution in [0.15, 0.2) is 42.0 Å². The largest absolute Gasteiger partial charge is 0.417 e. The van der Waals surface area contributed by atoms with Gasteiger partial charge < -0.3 is 16.0 Å². The van der Waals surface area contributed by atoms with Crippen molar-refractivity contribution in [2.75, 3.05) is 11.9 Å². The van der Waals surface area contributed by atoms with Crippen molar-refractivity contribution in [3.63, 3.8) is 0 Å². The van der Waals surface area contributed by atoms with E-state index in [-0.39, 0.29) is 30.2 Å². The highest BCUT2D eigenvalue weighted by Crippen LogP contribution is 2.37. The van der Waals surface area contributed by atoms with Crippen LogP contribution in [-0.4, -0.2) is 33.4 Å². The fourth-order valence-electron chi connectivity index (χ4n) is 2.96. The third-order valence-corrected chi connectivity index (χ3v) is 4.85. The highest BCUT2D eigenvalue weighted by Gasteiger charge is 2.36. The van der Waals surface area contributed by atoms with Crippen LogP contribution in [0.25, 0.3) is 0 Å². The number of benzene rings is 1. The molecule has 3 N–H and O–H groups in total. The summed E-state index contributed by atoms with van der Waals surface area (Å²) in [5.74, 6) is -1.12. The Morgan fingerprint density at radius 1 is 1.31 bits per heavy atom. The maximum absolute atomic E-state index is 13.1. The van der Waals surface area contributed by atoms with Crippen LogP contribution in [0.2, 0.25) is 5.02 Å². The number of halogens is 5. The van der Waals surface area contributed by atoms with Gasteiger partial charge in [-0.2, -0.15) is 13.2 Å². The zero-order chi connectivity index (χ0) is 21.3. The molecule has 0 radical (unpaired) electrons. The molecule has 1 aromatic carbocycles. The van der Waals surface area contributed by atoms with Gasteiger partial charge in [0.05, 0.1) is 35.1 Å². The minimum Gasteiger partial charge on any atom is -0.399 e. The van der Waals surface area contributed by atoms with Crippen molar-refractivity contribution >= 4 is 23.5 Å². The molecule has 0 aliphatic carbocycles. The first-order chi connectivity index (χ1) is 13.6. The van der Waals surface area contributed by atoms with Crippen LogP contribution in [0, 0.1) is 5.82 Å². The number of carbonyl (C=O) groups excluding carboxylic acids is 1. The van der Waals surface area contributed by atoms with E-state index in [4.69, 9.17) is 17.3 Å². The summed E-state index contributed by atoms with van der Waals surface area (Å²) in [4.78, 5) is 21.8. The summed E-state index contributed by atoms with van der Waals surface area (Å²) < 4.78 is 52.2. The van der Waals surface area contributed by atoms with Crippen molar-refractivity contribution in [2.45, 2.75) is 25.6 Å². The summed E-state index contributed by atoms with van der Waals surface area (Å²) in [6.45, 7) is 1.69. The number of anilines is 1. The lowest BCUT2D eigenvalue weighted by Gasteiger charge is -2.35. The first-order valence-corrected chi connectivity index (χ1v) is 8.84. The van der Waals surface area contributed by atoms with Gasteiger partial charge in [-0.15, -0.1) is 0 Å². The van der Waals surface area contributed by atoms with E-state index >= 15 is 0 Å². The molecule has 1 aliphatic heterocycles. The predicted molar refractivity (Wildman–Crippen MR) is 98.4 cm³/mol. The molecule has 2 aromatic rings. The number of nitrogens with one attached hydrogen (secondary N) is 1. The maximum atomic E-state index is 13.1. The Kier molecular flexibility index (Phi) is 5.65. The molecule has 0 spiro atoms. The van der Waals surface area contributed by atoms with Crippen LogP contribution < -0.4 is 11.1 Å². The average molecular weight is 430 g/mol. The molecule has 154 valence electrons. The summed E-state index contributed by atoms with van der Waals surface area (Å²) in [6, 6.07) is 2.79. The van der Waals surface area contributed by atoms with Crippen molar-refractivity contribution in [2.24, 2.45) is 5.73 Å².